The minimum Gasteiger partial charge on any atom is -0.493 e. The Kier molecular flexibility index (Phi) is 7.69. The van der Waals surface area contributed by atoms with Crippen molar-refractivity contribution in [3.8, 4) is 17.6 Å². The lowest BCUT2D eigenvalue weighted by molar-refractivity contribution is -0.384. The molecular weight excluding hydrogens is 468 g/mol. The largest absolute Gasteiger partial charge is 0.493 e. The van der Waals surface area contributed by atoms with Crippen LogP contribution in [0.2, 0.25) is 0 Å². The monoisotopic (exact) mass is 490 g/mol. The van der Waals surface area contributed by atoms with Crippen molar-refractivity contribution < 1.29 is 22.3 Å². The normalized spacial score (nSPS) is 11.4. The van der Waals surface area contributed by atoms with Crippen molar-refractivity contribution in [2.75, 3.05) is 7.11 Å². The van der Waals surface area contributed by atoms with Gasteiger partial charge in [-0.05, 0) is 66.9 Å². The summed E-state index contributed by atoms with van der Waals surface area (Å²) < 4.78 is 36.7. The predicted octanol–water partition coefficient (Wildman–Crippen LogP) is 5.47. The molecule has 0 aliphatic carbocycles. The molecule has 0 atom stereocenters. The molecule has 0 aromatic heterocycles. The first-order chi connectivity index (χ1) is 16.7. The lowest BCUT2D eigenvalue weighted by Gasteiger charge is -2.16. The molecule has 0 amide bonds. The summed E-state index contributed by atoms with van der Waals surface area (Å²) in [5.74, 6) is 0.186. The number of nitro benzene ring substituents is 1. The Bertz CT molecular complexity index is 1430. The maximum atomic E-state index is 12.9. The molecule has 9 heteroatoms. The molecule has 178 valence electrons. The fraction of sp³-hybridized carbons (Fsp3) is 0.115. The number of methoxy groups -OCH3 is 1. The quantitative estimate of drug-likeness (QED) is 0.0974. The Morgan fingerprint density at radius 2 is 1.80 bits per heavy atom. The number of hydrogen-bond acceptors (Lipinski definition) is 7. The zero-order chi connectivity index (χ0) is 25.6. The van der Waals surface area contributed by atoms with E-state index in [1.807, 2.05) is 6.92 Å². The van der Waals surface area contributed by atoms with Gasteiger partial charge in [-0.15, -0.1) is 6.58 Å². The van der Waals surface area contributed by atoms with E-state index in [0.29, 0.717) is 16.7 Å². The summed E-state index contributed by atoms with van der Waals surface area (Å²) >= 11 is 0. The minimum absolute atomic E-state index is 0.00335. The van der Waals surface area contributed by atoms with Crippen molar-refractivity contribution in [3.63, 3.8) is 0 Å². The summed E-state index contributed by atoms with van der Waals surface area (Å²) in [6.07, 6.45) is 3.44. The molecule has 0 aliphatic rings. The average Bonchev–Trinajstić information content (AvgIpc) is 2.84. The maximum absolute atomic E-state index is 12.9. The summed E-state index contributed by atoms with van der Waals surface area (Å²) in [6.45, 7) is 5.57. The summed E-state index contributed by atoms with van der Waals surface area (Å²) in [5.41, 5.74) is 2.61. The van der Waals surface area contributed by atoms with Crippen LogP contribution in [0.3, 0.4) is 0 Å². The number of hydrogen-bond donors (Lipinski definition) is 0. The van der Waals surface area contributed by atoms with Gasteiger partial charge in [-0.1, -0.05) is 23.8 Å². The standard InChI is InChI=1S/C26H22N2O6S/c1-4-5-21-14-19(15-22(17-27)20-8-10-23(11-9-20)28(29)30)16-25(33-3)26(21)34-35(31,32)24-12-6-18(2)7-13-24/h4,6-16H,1,5H2,2-3H3/b22-15+. The number of allylic oxidation sites excluding steroid dienone is 2. The van der Waals surface area contributed by atoms with Gasteiger partial charge in [0, 0.05) is 17.7 Å². The molecule has 3 rings (SSSR count). The number of rotatable bonds is 9. The summed E-state index contributed by atoms with van der Waals surface area (Å²) in [6, 6.07) is 17.2. The van der Waals surface area contributed by atoms with Crippen LogP contribution in [-0.2, 0) is 16.5 Å². The number of non-ortho nitro benzene ring substituents is 1. The molecule has 35 heavy (non-hydrogen) atoms. The van der Waals surface area contributed by atoms with Gasteiger partial charge >= 0.3 is 10.1 Å². The van der Waals surface area contributed by atoms with Crippen LogP contribution in [-0.4, -0.2) is 20.5 Å². The van der Waals surface area contributed by atoms with Crippen molar-refractivity contribution in [1.29, 1.82) is 5.26 Å². The second-order valence-electron chi connectivity index (χ2n) is 7.53. The topological polar surface area (TPSA) is 120 Å². The van der Waals surface area contributed by atoms with Gasteiger partial charge in [-0.3, -0.25) is 10.1 Å². The van der Waals surface area contributed by atoms with Crippen molar-refractivity contribution in [2.45, 2.75) is 18.2 Å². The summed E-state index contributed by atoms with van der Waals surface area (Å²) in [5, 5.41) is 20.6. The zero-order valence-corrected chi connectivity index (χ0v) is 19.9. The molecule has 0 unspecified atom stereocenters. The van der Waals surface area contributed by atoms with Crippen LogP contribution >= 0.6 is 0 Å². The average molecular weight is 491 g/mol. The molecular formula is C26H22N2O6S. The van der Waals surface area contributed by atoms with Gasteiger partial charge in [0.2, 0.25) is 0 Å². The van der Waals surface area contributed by atoms with Crippen LogP contribution in [0, 0.1) is 28.4 Å². The highest BCUT2D eigenvalue weighted by atomic mass is 32.2. The predicted molar refractivity (Wildman–Crippen MR) is 132 cm³/mol. The van der Waals surface area contributed by atoms with E-state index < -0.39 is 15.0 Å². The number of nitriles is 1. The first-order valence-electron chi connectivity index (χ1n) is 10.4. The molecule has 3 aromatic rings. The molecule has 0 saturated heterocycles. The van der Waals surface area contributed by atoms with E-state index in [1.165, 1.54) is 43.5 Å². The molecule has 0 radical (unpaired) electrons. The second kappa shape index (κ2) is 10.7. The van der Waals surface area contributed by atoms with Crippen LogP contribution < -0.4 is 8.92 Å². The summed E-state index contributed by atoms with van der Waals surface area (Å²) in [7, 11) is -2.75. The molecule has 0 aliphatic heterocycles. The Hall–Kier alpha value is -4.42. The number of nitro groups is 1. The van der Waals surface area contributed by atoms with Gasteiger partial charge in [0.1, 0.15) is 4.90 Å². The van der Waals surface area contributed by atoms with Crippen LogP contribution in [0.1, 0.15) is 22.3 Å². The van der Waals surface area contributed by atoms with Gasteiger partial charge in [0.15, 0.2) is 11.5 Å². The van der Waals surface area contributed by atoms with Crippen molar-refractivity contribution in [3.05, 3.63) is 106 Å². The molecule has 0 spiro atoms. The third-order valence-corrected chi connectivity index (χ3v) is 6.30. The van der Waals surface area contributed by atoms with Crippen LogP contribution in [0.4, 0.5) is 5.69 Å². The maximum Gasteiger partial charge on any atom is 0.339 e. The lowest BCUT2D eigenvalue weighted by Crippen LogP contribution is -2.12. The molecule has 0 heterocycles. The Labute approximate surface area is 203 Å². The van der Waals surface area contributed by atoms with E-state index in [9.17, 15) is 23.8 Å². The van der Waals surface area contributed by atoms with Gasteiger partial charge in [0.25, 0.3) is 5.69 Å². The first kappa shape index (κ1) is 25.2. The fourth-order valence-corrected chi connectivity index (χ4v) is 4.27. The van der Waals surface area contributed by atoms with Gasteiger partial charge < -0.3 is 8.92 Å². The van der Waals surface area contributed by atoms with Crippen LogP contribution in [0.5, 0.6) is 11.5 Å². The van der Waals surface area contributed by atoms with Crippen LogP contribution in [0.25, 0.3) is 11.6 Å². The van der Waals surface area contributed by atoms with E-state index in [4.69, 9.17) is 8.92 Å². The molecule has 0 saturated carbocycles. The van der Waals surface area contributed by atoms with Crippen molar-refractivity contribution in [2.24, 2.45) is 0 Å². The highest BCUT2D eigenvalue weighted by Gasteiger charge is 2.22. The number of nitrogens with zero attached hydrogens (tertiary/aromatic N) is 2. The van der Waals surface area contributed by atoms with Crippen LogP contribution in [0.15, 0.2) is 78.2 Å². The molecule has 0 bridgehead atoms. The third-order valence-electron chi connectivity index (χ3n) is 5.06. The van der Waals surface area contributed by atoms with Crippen molar-refractivity contribution >= 4 is 27.5 Å². The van der Waals surface area contributed by atoms with E-state index in [-0.39, 0.29) is 34.1 Å². The highest BCUT2D eigenvalue weighted by molar-refractivity contribution is 7.87. The summed E-state index contributed by atoms with van der Waals surface area (Å²) in [4.78, 5) is 10.4. The van der Waals surface area contributed by atoms with Gasteiger partial charge in [0.05, 0.1) is 23.7 Å². The minimum atomic E-state index is -4.14. The highest BCUT2D eigenvalue weighted by Crippen LogP contribution is 2.37. The van der Waals surface area contributed by atoms with Crippen molar-refractivity contribution in [1.82, 2.24) is 0 Å². The van der Waals surface area contributed by atoms with E-state index >= 15 is 0 Å². The molecule has 0 N–H and O–H groups in total. The molecule has 3 aromatic carbocycles. The van der Waals surface area contributed by atoms with E-state index in [2.05, 4.69) is 12.6 Å². The Morgan fingerprint density at radius 3 is 2.34 bits per heavy atom. The third kappa shape index (κ3) is 5.93. The number of aryl methyl sites for hydroxylation is 1. The van der Waals surface area contributed by atoms with E-state index in [0.717, 1.165) is 5.56 Å². The fourth-order valence-electron chi connectivity index (χ4n) is 3.29. The SMILES string of the molecule is C=CCc1cc(/C=C(\C#N)c2ccc([N+](=O)[O-])cc2)cc(OC)c1OS(=O)(=O)c1ccc(C)cc1. The smallest absolute Gasteiger partial charge is 0.339 e. The van der Waals surface area contributed by atoms with Gasteiger partial charge in [-0.2, -0.15) is 13.7 Å². The Morgan fingerprint density at radius 1 is 1.14 bits per heavy atom. The zero-order valence-electron chi connectivity index (χ0n) is 19.1. The number of benzene rings is 3. The first-order valence-corrected chi connectivity index (χ1v) is 11.8. The number of ether oxygens (including phenoxy) is 1. The lowest BCUT2D eigenvalue weighted by atomic mass is 10.0. The Balaban J connectivity index is 2.06. The second-order valence-corrected chi connectivity index (χ2v) is 9.07. The van der Waals surface area contributed by atoms with E-state index in [1.54, 1.807) is 36.4 Å². The molecule has 0 fully saturated rings. The van der Waals surface area contributed by atoms with Gasteiger partial charge in [-0.25, -0.2) is 0 Å². The molecule has 8 nitrogen and oxygen atoms in total.